The van der Waals surface area contributed by atoms with E-state index in [4.69, 9.17) is 11.6 Å². The van der Waals surface area contributed by atoms with Crippen LogP contribution < -0.4 is 5.32 Å². The number of benzene rings is 2. The Bertz CT molecular complexity index is 577. The van der Waals surface area contributed by atoms with Gasteiger partial charge in [-0.05, 0) is 43.1 Å². The van der Waals surface area contributed by atoms with Crippen molar-refractivity contribution in [2.45, 2.75) is 32.0 Å². The van der Waals surface area contributed by atoms with Crippen LogP contribution in [0.15, 0.2) is 54.6 Å². The number of hydrogen-bond donors (Lipinski definition) is 1. The first kappa shape index (κ1) is 15.5. The van der Waals surface area contributed by atoms with E-state index in [1.54, 1.807) is 0 Å². The van der Waals surface area contributed by atoms with E-state index in [1.807, 2.05) is 18.2 Å². The van der Waals surface area contributed by atoms with E-state index in [0.717, 1.165) is 31.2 Å². The number of hydrogen-bond acceptors (Lipinski definition) is 2. The van der Waals surface area contributed by atoms with Crippen LogP contribution in [0.1, 0.15) is 24.0 Å². The lowest BCUT2D eigenvalue weighted by molar-refractivity contribution is 0.190. The van der Waals surface area contributed by atoms with Crippen LogP contribution in [0.2, 0.25) is 5.02 Å². The van der Waals surface area contributed by atoms with Crippen molar-refractivity contribution >= 4 is 11.6 Å². The third-order valence-electron chi connectivity index (χ3n) is 4.38. The zero-order valence-corrected chi connectivity index (χ0v) is 13.6. The van der Waals surface area contributed by atoms with Crippen LogP contribution in [0.3, 0.4) is 0 Å². The maximum absolute atomic E-state index is 6.21. The van der Waals surface area contributed by atoms with Crippen molar-refractivity contribution in [2.75, 3.05) is 13.1 Å². The summed E-state index contributed by atoms with van der Waals surface area (Å²) in [5, 5.41) is 4.51. The minimum atomic E-state index is 0.600. The molecule has 2 nitrogen and oxygen atoms in total. The van der Waals surface area contributed by atoms with Crippen LogP contribution in [0.5, 0.6) is 0 Å². The molecule has 1 aliphatic heterocycles. The molecule has 0 saturated carbocycles. The molecular weight excluding hydrogens is 292 g/mol. The van der Waals surface area contributed by atoms with Crippen LogP contribution >= 0.6 is 11.6 Å². The predicted octanol–water partition coefficient (Wildman–Crippen LogP) is 4.09. The summed E-state index contributed by atoms with van der Waals surface area (Å²) in [5.74, 6) is 0. The third-order valence-corrected chi connectivity index (χ3v) is 4.74. The number of nitrogens with one attached hydrogen (secondary N) is 1. The average molecular weight is 315 g/mol. The minimum absolute atomic E-state index is 0.600. The van der Waals surface area contributed by atoms with Gasteiger partial charge in [0.25, 0.3) is 0 Å². The molecule has 2 aromatic carbocycles. The molecule has 1 saturated heterocycles. The van der Waals surface area contributed by atoms with Gasteiger partial charge in [-0.2, -0.15) is 0 Å². The Kier molecular flexibility index (Phi) is 5.49. The molecule has 3 heteroatoms. The van der Waals surface area contributed by atoms with Crippen molar-refractivity contribution in [3.05, 3.63) is 70.7 Å². The first-order chi connectivity index (χ1) is 10.8. The van der Waals surface area contributed by atoms with Gasteiger partial charge in [0.1, 0.15) is 0 Å². The van der Waals surface area contributed by atoms with Crippen molar-refractivity contribution in [2.24, 2.45) is 0 Å². The van der Waals surface area contributed by atoms with E-state index in [9.17, 15) is 0 Å². The summed E-state index contributed by atoms with van der Waals surface area (Å²) < 4.78 is 0. The SMILES string of the molecule is Clc1ccccc1CNC1CCN(Cc2ccccc2)CC1. The highest BCUT2D eigenvalue weighted by molar-refractivity contribution is 6.31. The number of halogens is 1. The standard InChI is InChI=1S/C19H23ClN2/c20-19-9-5-4-8-17(19)14-21-18-10-12-22(13-11-18)15-16-6-2-1-3-7-16/h1-9,18,21H,10-15H2. The molecular formula is C19H23ClN2. The van der Waals surface area contributed by atoms with Gasteiger partial charge in [-0.15, -0.1) is 0 Å². The van der Waals surface area contributed by atoms with E-state index in [2.05, 4.69) is 46.6 Å². The molecule has 116 valence electrons. The lowest BCUT2D eigenvalue weighted by atomic mass is 10.0. The summed E-state index contributed by atoms with van der Waals surface area (Å²) >= 11 is 6.21. The van der Waals surface area contributed by atoms with Crippen molar-refractivity contribution in [3.63, 3.8) is 0 Å². The monoisotopic (exact) mass is 314 g/mol. The second-order valence-corrected chi connectivity index (χ2v) is 6.42. The highest BCUT2D eigenvalue weighted by Crippen LogP contribution is 2.17. The van der Waals surface area contributed by atoms with Gasteiger partial charge in [0.2, 0.25) is 0 Å². The molecule has 1 fully saturated rings. The molecule has 0 spiro atoms. The lowest BCUT2D eigenvalue weighted by Gasteiger charge is -2.32. The first-order valence-electron chi connectivity index (χ1n) is 8.04. The molecule has 0 aliphatic carbocycles. The predicted molar refractivity (Wildman–Crippen MR) is 93.0 cm³/mol. The molecule has 0 amide bonds. The number of piperidine rings is 1. The quantitative estimate of drug-likeness (QED) is 0.894. The molecule has 1 heterocycles. The van der Waals surface area contributed by atoms with Crippen molar-refractivity contribution in [3.8, 4) is 0 Å². The summed E-state index contributed by atoms with van der Waals surface area (Å²) in [5.41, 5.74) is 2.60. The summed E-state index contributed by atoms with van der Waals surface area (Å²) in [6.45, 7) is 4.26. The van der Waals surface area contributed by atoms with Gasteiger partial charge in [0, 0.05) is 24.2 Å². The zero-order chi connectivity index (χ0) is 15.2. The second kappa shape index (κ2) is 7.77. The highest BCUT2D eigenvalue weighted by atomic mass is 35.5. The second-order valence-electron chi connectivity index (χ2n) is 6.01. The molecule has 0 aromatic heterocycles. The maximum atomic E-state index is 6.21. The van der Waals surface area contributed by atoms with Crippen molar-refractivity contribution in [1.82, 2.24) is 10.2 Å². The highest BCUT2D eigenvalue weighted by Gasteiger charge is 2.18. The molecule has 3 rings (SSSR count). The summed E-state index contributed by atoms with van der Waals surface area (Å²) in [7, 11) is 0. The van der Waals surface area contributed by atoms with E-state index >= 15 is 0 Å². The van der Waals surface area contributed by atoms with Crippen LogP contribution in [0.4, 0.5) is 0 Å². The van der Waals surface area contributed by atoms with Gasteiger partial charge in [0.15, 0.2) is 0 Å². The maximum Gasteiger partial charge on any atom is 0.0450 e. The van der Waals surface area contributed by atoms with Crippen LogP contribution in [-0.4, -0.2) is 24.0 Å². The summed E-state index contributed by atoms with van der Waals surface area (Å²) in [4.78, 5) is 2.54. The Labute approximate surface area is 138 Å². The van der Waals surface area contributed by atoms with Gasteiger partial charge in [-0.1, -0.05) is 60.1 Å². The summed E-state index contributed by atoms with van der Waals surface area (Å²) in [6, 6.07) is 19.4. The van der Waals surface area contributed by atoms with Crippen molar-refractivity contribution in [1.29, 1.82) is 0 Å². The normalized spacial score (nSPS) is 16.8. The van der Waals surface area contributed by atoms with E-state index in [-0.39, 0.29) is 0 Å². The minimum Gasteiger partial charge on any atom is -0.310 e. The van der Waals surface area contributed by atoms with Crippen LogP contribution in [0, 0.1) is 0 Å². The van der Waals surface area contributed by atoms with Gasteiger partial charge in [0.05, 0.1) is 0 Å². The molecule has 0 radical (unpaired) electrons. The van der Waals surface area contributed by atoms with Crippen molar-refractivity contribution < 1.29 is 0 Å². The summed E-state index contributed by atoms with van der Waals surface area (Å²) in [6.07, 6.45) is 2.41. The van der Waals surface area contributed by atoms with Gasteiger partial charge in [-0.3, -0.25) is 4.90 Å². The molecule has 1 N–H and O–H groups in total. The van der Waals surface area contributed by atoms with Crippen LogP contribution in [0.25, 0.3) is 0 Å². The van der Waals surface area contributed by atoms with E-state index in [0.29, 0.717) is 6.04 Å². The topological polar surface area (TPSA) is 15.3 Å². The fraction of sp³-hybridized carbons (Fsp3) is 0.368. The molecule has 0 unspecified atom stereocenters. The van der Waals surface area contributed by atoms with Crippen LogP contribution in [-0.2, 0) is 13.1 Å². The number of nitrogens with zero attached hydrogens (tertiary/aromatic N) is 1. The average Bonchev–Trinajstić information content (AvgIpc) is 2.56. The largest absolute Gasteiger partial charge is 0.310 e. The first-order valence-corrected chi connectivity index (χ1v) is 8.42. The van der Waals surface area contributed by atoms with Gasteiger partial charge >= 0.3 is 0 Å². The smallest absolute Gasteiger partial charge is 0.0450 e. The molecule has 22 heavy (non-hydrogen) atoms. The molecule has 1 aliphatic rings. The number of likely N-dealkylation sites (tertiary alicyclic amines) is 1. The van der Waals surface area contributed by atoms with Gasteiger partial charge in [-0.25, -0.2) is 0 Å². The van der Waals surface area contributed by atoms with E-state index in [1.165, 1.54) is 24.0 Å². The molecule has 0 atom stereocenters. The fourth-order valence-electron chi connectivity index (χ4n) is 3.03. The van der Waals surface area contributed by atoms with E-state index < -0.39 is 0 Å². The molecule has 2 aromatic rings. The Balaban J connectivity index is 1.43. The fourth-order valence-corrected chi connectivity index (χ4v) is 3.24. The number of rotatable bonds is 5. The Hall–Kier alpha value is -1.35. The lowest BCUT2D eigenvalue weighted by Crippen LogP contribution is -2.41. The third kappa shape index (κ3) is 4.33. The Morgan fingerprint density at radius 3 is 2.36 bits per heavy atom. The van der Waals surface area contributed by atoms with Gasteiger partial charge < -0.3 is 5.32 Å². The Morgan fingerprint density at radius 1 is 0.955 bits per heavy atom. The zero-order valence-electron chi connectivity index (χ0n) is 12.8. The Morgan fingerprint density at radius 2 is 1.64 bits per heavy atom. The molecule has 0 bridgehead atoms.